The Morgan fingerprint density at radius 2 is 1.89 bits per heavy atom. The Morgan fingerprint density at radius 1 is 1.26 bits per heavy atom. The highest BCUT2D eigenvalue weighted by atomic mass is 16.5. The molecule has 0 aliphatic heterocycles. The zero-order chi connectivity index (χ0) is 14.4. The zero-order valence-electron chi connectivity index (χ0n) is 11.5. The molecule has 6 nitrogen and oxygen atoms in total. The summed E-state index contributed by atoms with van der Waals surface area (Å²) in [5, 5.41) is 0. The molecule has 0 aliphatic rings. The molecule has 0 atom stereocenters. The first-order valence-electron chi connectivity index (χ1n) is 5.55. The van der Waals surface area contributed by atoms with E-state index in [-0.39, 0.29) is 0 Å². The van der Waals surface area contributed by atoms with Crippen LogP contribution in [0, 0.1) is 0 Å². The Bertz CT molecular complexity index is 510. The van der Waals surface area contributed by atoms with Crippen molar-refractivity contribution in [2.24, 2.45) is 0 Å². The normalized spacial score (nSPS) is 10.3. The molecular formula is C13H17N3O3. The monoisotopic (exact) mass is 263 g/mol. The van der Waals surface area contributed by atoms with E-state index in [1.165, 1.54) is 26.4 Å². The van der Waals surface area contributed by atoms with Gasteiger partial charge in [-0.2, -0.15) is 0 Å². The maximum Gasteiger partial charge on any atom is 0.330 e. The SMILES string of the molecule is C=Cc1nc(N(C)C)nc(/C=C/C(=O)OC)c1OC. The minimum Gasteiger partial charge on any atom is -0.492 e. The van der Waals surface area contributed by atoms with Gasteiger partial charge in [0.05, 0.1) is 14.2 Å². The van der Waals surface area contributed by atoms with Crippen LogP contribution in [0.1, 0.15) is 11.4 Å². The van der Waals surface area contributed by atoms with E-state index in [0.29, 0.717) is 23.1 Å². The molecule has 1 aromatic heterocycles. The van der Waals surface area contributed by atoms with E-state index in [4.69, 9.17) is 4.74 Å². The van der Waals surface area contributed by atoms with Crippen LogP contribution >= 0.6 is 0 Å². The van der Waals surface area contributed by atoms with Crippen LogP contribution in [0.5, 0.6) is 5.75 Å². The average molecular weight is 263 g/mol. The summed E-state index contributed by atoms with van der Waals surface area (Å²) in [6.45, 7) is 3.69. The number of hydrogen-bond donors (Lipinski definition) is 0. The van der Waals surface area contributed by atoms with E-state index in [9.17, 15) is 4.79 Å². The molecule has 1 aromatic rings. The van der Waals surface area contributed by atoms with Gasteiger partial charge >= 0.3 is 5.97 Å². The minimum absolute atomic E-state index is 0.459. The summed E-state index contributed by atoms with van der Waals surface area (Å²) in [6.07, 6.45) is 4.37. The quantitative estimate of drug-likeness (QED) is 0.590. The van der Waals surface area contributed by atoms with Crippen LogP contribution < -0.4 is 9.64 Å². The summed E-state index contributed by atoms with van der Waals surface area (Å²) < 4.78 is 9.79. The average Bonchev–Trinajstić information content (AvgIpc) is 2.43. The van der Waals surface area contributed by atoms with Crippen molar-refractivity contribution in [1.29, 1.82) is 0 Å². The van der Waals surface area contributed by atoms with Gasteiger partial charge in [-0.25, -0.2) is 14.8 Å². The van der Waals surface area contributed by atoms with Crippen molar-refractivity contribution >= 4 is 24.1 Å². The highest BCUT2D eigenvalue weighted by molar-refractivity contribution is 5.87. The lowest BCUT2D eigenvalue weighted by molar-refractivity contribution is -0.134. The maximum atomic E-state index is 11.1. The van der Waals surface area contributed by atoms with E-state index in [1.807, 2.05) is 14.1 Å². The molecule has 0 saturated heterocycles. The van der Waals surface area contributed by atoms with Crippen molar-refractivity contribution in [1.82, 2.24) is 9.97 Å². The molecule has 0 aromatic carbocycles. The van der Waals surface area contributed by atoms with Crippen LogP contribution in [-0.4, -0.2) is 44.3 Å². The van der Waals surface area contributed by atoms with E-state index in [0.717, 1.165) is 0 Å². The van der Waals surface area contributed by atoms with E-state index in [1.54, 1.807) is 11.0 Å². The predicted molar refractivity (Wildman–Crippen MR) is 74.1 cm³/mol. The maximum absolute atomic E-state index is 11.1. The number of carbonyl (C=O) groups is 1. The molecule has 0 spiro atoms. The number of nitrogens with zero attached hydrogens (tertiary/aromatic N) is 3. The van der Waals surface area contributed by atoms with Crippen LogP contribution in [-0.2, 0) is 9.53 Å². The van der Waals surface area contributed by atoms with Gasteiger partial charge in [0.2, 0.25) is 5.95 Å². The molecule has 19 heavy (non-hydrogen) atoms. The van der Waals surface area contributed by atoms with Gasteiger partial charge < -0.3 is 14.4 Å². The topological polar surface area (TPSA) is 64.6 Å². The van der Waals surface area contributed by atoms with Crippen molar-refractivity contribution in [2.75, 3.05) is 33.2 Å². The largest absolute Gasteiger partial charge is 0.492 e. The smallest absolute Gasteiger partial charge is 0.330 e. The highest BCUT2D eigenvalue weighted by Gasteiger charge is 2.12. The third-order valence-corrected chi connectivity index (χ3v) is 2.28. The Balaban J connectivity index is 3.33. The lowest BCUT2D eigenvalue weighted by atomic mass is 10.2. The Kier molecular flexibility index (Phi) is 5.05. The van der Waals surface area contributed by atoms with E-state index >= 15 is 0 Å². The van der Waals surface area contributed by atoms with E-state index in [2.05, 4.69) is 21.3 Å². The van der Waals surface area contributed by atoms with Gasteiger partial charge in [0.15, 0.2) is 5.75 Å². The molecule has 0 radical (unpaired) electrons. The molecule has 0 amide bonds. The summed E-state index contributed by atoms with van der Waals surface area (Å²) >= 11 is 0. The van der Waals surface area contributed by atoms with Gasteiger partial charge in [-0.15, -0.1) is 0 Å². The minimum atomic E-state index is -0.466. The first-order valence-corrected chi connectivity index (χ1v) is 5.55. The second-order valence-electron chi connectivity index (χ2n) is 3.78. The number of aromatic nitrogens is 2. The second kappa shape index (κ2) is 6.53. The highest BCUT2D eigenvalue weighted by Crippen LogP contribution is 2.25. The molecule has 0 bridgehead atoms. The first-order chi connectivity index (χ1) is 9.03. The molecule has 102 valence electrons. The lowest BCUT2D eigenvalue weighted by Gasteiger charge is -2.14. The van der Waals surface area contributed by atoms with Crippen molar-refractivity contribution in [3.8, 4) is 5.75 Å². The predicted octanol–water partition coefficient (Wildman–Crippen LogP) is 1.38. The summed E-state index contributed by atoms with van der Waals surface area (Å²) in [5.41, 5.74) is 1.05. The summed E-state index contributed by atoms with van der Waals surface area (Å²) in [6, 6.07) is 0. The Hall–Kier alpha value is -2.37. The number of hydrogen-bond acceptors (Lipinski definition) is 6. The summed E-state index contributed by atoms with van der Waals surface area (Å²) in [4.78, 5) is 21.5. The number of anilines is 1. The summed E-state index contributed by atoms with van der Waals surface area (Å²) in [7, 11) is 6.46. The number of methoxy groups -OCH3 is 2. The van der Waals surface area contributed by atoms with Crippen LogP contribution in [0.25, 0.3) is 12.2 Å². The summed E-state index contributed by atoms with van der Waals surface area (Å²) in [5.74, 6) is 0.494. The van der Waals surface area contributed by atoms with Gasteiger partial charge in [-0.1, -0.05) is 6.58 Å². The van der Waals surface area contributed by atoms with Crippen molar-refractivity contribution < 1.29 is 14.3 Å². The van der Waals surface area contributed by atoms with Gasteiger partial charge in [-0.05, 0) is 12.2 Å². The number of carbonyl (C=O) groups excluding carboxylic acids is 1. The Labute approximate surface area is 112 Å². The van der Waals surface area contributed by atoms with Crippen LogP contribution in [0.4, 0.5) is 5.95 Å². The van der Waals surface area contributed by atoms with Crippen LogP contribution in [0.15, 0.2) is 12.7 Å². The van der Waals surface area contributed by atoms with E-state index < -0.39 is 5.97 Å². The van der Waals surface area contributed by atoms with Crippen LogP contribution in [0.2, 0.25) is 0 Å². The molecule has 1 rings (SSSR count). The van der Waals surface area contributed by atoms with Gasteiger partial charge in [0, 0.05) is 20.2 Å². The molecule has 0 aliphatic carbocycles. The van der Waals surface area contributed by atoms with Crippen molar-refractivity contribution in [2.45, 2.75) is 0 Å². The Morgan fingerprint density at radius 3 is 2.37 bits per heavy atom. The van der Waals surface area contributed by atoms with Crippen molar-refractivity contribution in [3.05, 3.63) is 24.0 Å². The molecule has 0 unspecified atom stereocenters. The van der Waals surface area contributed by atoms with Gasteiger partial charge in [0.25, 0.3) is 0 Å². The van der Waals surface area contributed by atoms with Gasteiger partial charge in [0.1, 0.15) is 11.4 Å². The van der Waals surface area contributed by atoms with Crippen molar-refractivity contribution in [3.63, 3.8) is 0 Å². The first kappa shape index (κ1) is 14.7. The third kappa shape index (κ3) is 3.54. The standard InChI is InChI=1S/C13H17N3O3/c1-6-9-12(19-5)10(7-8-11(17)18-4)15-13(14-9)16(2)3/h6-8H,1H2,2-5H3/b8-7+. The van der Waals surface area contributed by atoms with Crippen LogP contribution in [0.3, 0.4) is 0 Å². The molecule has 0 saturated carbocycles. The fourth-order valence-electron chi connectivity index (χ4n) is 1.35. The van der Waals surface area contributed by atoms with Gasteiger partial charge in [-0.3, -0.25) is 0 Å². The number of ether oxygens (including phenoxy) is 2. The fraction of sp³-hybridized carbons (Fsp3) is 0.308. The second-order valence-corrected chi connectivity index (χ2v) is 3.78. The lowest BCUT2D eigenvalue weighted by Crippen LogP contribution is -2.14. The third-order valence-electron chi connectivity index (χ3n) is 2.28. The zero-order valence-corrected chi connectivity index (χ0v) is 11.5. The molecule has 0 fully saturated rings. The molecular weight excluding hydrogens is 246 g/mol. The number of rotatable bonds is 5. The number of esters is 1. The molecule has 6 heteroatoms. The molecule has 0 N–H and O–H groups in total. The molecule has 1 heterocycles. The fourth-order valence-corrected chi connectivity index (χ4v) is 1.35.